The van der Waals surface area contributed by atoms with Gasteiger partial charge in [0.25, 0.3) is 0 Å². The Morgan fingerprint density at radius 1 is 1.25 bits per heavy atom. The predicted molar refractivity (Wildman–Crippen MR) is 77.6 cm³/mol. The number of hydrogen-bond acceptors (Lipinski definition) is 4. The molecule has 6 heteroatoms. The lowest BCUT2D eigenvalue weighted by molar-refractivity contribution is 0.569. The van der Waals surface area contributed by atoms with Gasteiger partial charge in [0.2, 0.25) is 15.9 Å². The Labute approximate surface area is 119 Å². The van der Waals surface area contributed by atoms with Gasteiger partial charge in [-0.15, -0.1) is 0 Å². The maximum atomic E-state index is 11.5. The largest absolute Gasteiger partial charge is 0.444 e. The topological polar surface area (TPSA) is 72.2 Å². The molecular formula is C14H18N2O3S. The van der Waals surface area contributed by atoms with Gasteiger partial charge in [0.15, 0.2) is 0 Å². The van der Waals surface area contributed by atoms with Gasteiger partial charge < -0.3 is 4.42 Å². The van der Waals surface area contributed by atoms with Crippen LogP contribution >= 0.6 is 0 Å². The van der Waals surface area contributed by atoms with E-state index in [1.165, 1.54) is 6.26 Å². The molecule has 0 amide bonds. The van der Waals surface area contributed by atoms with Gasteiger partial charge in [0.05, 0.1) is 18.0 Å². The molecule has 0 spiro atoms. The lowest BCUT2D eigenvalue weighted by atomic mass is 10.1. The molecule has 20 heavy (non-hydrogen) atoms. The van der Waals surface area contributed by atoms with Gasteiger partial charge in [-0.1, -0.05) is 24.6 Å². The maximum absolute atomic E-state index is 11.5. The minimum atomic E-state index is -3.22. The molecule has 1 N–H and O–H groups in total. The molecule has 1 heterocycles. The Hall–Kier alpha value is -1.66. The summed E-state index contributed by atoms with van der Waals surface area (Å²) in [5, 5.41) is 0. The van der Waals surface area contributed by atoms with Gasteiger partial charge in [-0.2, -0.15) is 0 Å². The van der Waals surface area contributed by atoms with Crippen molar-refractivity contribution >= 4 is 10.0 Å². The van der Waals surface area contributed by atoms with E-state index in [1.54, 1.807) is 0 Å². The number of oxazole rings is 1. The lowest BCUT2D eigenvalue weighted by Gasteiger charge is -2.02. The minimum absolute atomic E-state index is 0.121. The summed E-state index contributed by atoms with van der Waals surface area (Å²) in [4.78, 5) is 4.28. The van der Waals surface area contributed by atoms with Crippen LogP contribution in [0.2, 0.25) is 0 Å². The molecule has 0 aliphatic heterocycles. The van der Waals surface area contributed by atoms with Crippen molar-refractivity contribution in [2.45, 2.75) is 26.8 Å². The number of aryl methyl sites for hydroxylation is 1. The number of benzene rings is 1. The maximum Gasteiger partial charge on any atom is 0.226 e. The van der Waals surface area contributed by atoms with Gasteiger partial charge in [-0.3, -0.25) is 0 Å². The van der Waals surface area contributed by atoms with Gasteiger partial charge in [-0.05, 0) is 25.5 Å². The van der Waals surface area contributed by atoms with E-state index in [1.807, 2.05) is 38.1 Å². The summed E-state index contributed by atoms with van der Waals surface area (Å²) < 4.78 is 31.0. The average molecular weight is 294 g/mol. The van der Waals surface area contributed by atoms with Crippen LogP contribution in [0.15, 0.2) is 34.9 Å². The third kappa shape index (κ3) is 3.91. The zero-order chi connectivity index (χ0) is 14.6. The van der Waals surface area contributed by atoms with E-state index >= 15 is 0 Å². The van der Waals surface area contributed by atoms with Crippen molar-refractivity contribution < 1.29 is 12.8 Å². The van der Waals surface area contributed by atoms with E-state index in [9.17, 15) is 8.42 Å². The smallest absolute Gasteiger partial charge is 0.226 e. The van der Waals surface area contributed by atoms with E-state index in [0.717, 1.165) is 11.1 Å². The van der Waals surface area contributed by atoms with Crippen molar-refractivity contribution in [1.29, 1.82) is 0 Å². The molecule has 0 bridgehead atoms. The second kappa shape index (κ2) is 6.19. The van der Waals surface area contributed by atoms with Crippen LogP contribution in [-0.4, -0.2) is 19.2 Å². The van der Waals surface area contributed by atoms with Gasteiger partial charge >= 0.3 is 0 Å². The first-order valence-electron chi connectivity index (χ1n) is 6.49. The molecule has 0 radical (unpaired) electrons. The molecule has 1 aromatic heterocycles. The molecule has 108 valence electrons. The van der Waals surface area contributed by atoms with Gasteiger partial charge in [0, 0.05) is 5.56 Å². The molecule has 0 atom stereocenters. The Kier molecular flexibility index (Phi) is 4.57. The standard InChI is InChI=1S/C14H18N2O3S/c1-3-8-20(17,18)15-9-13-10-19-14(16-13)12-6-4-11(2)5-7-12/h4-7,10,15H,3,8-9H2,1-2H3. The van der Waals surface area contributed by atoms with Crippen molar-refractivity contribution in [3.8, 4) is 11.5 Å². The average Bonchev–Trinajstić information content (AvgIpc) is 2.86. The molecule has 0 fully saturated rings. The van der Waals surface area contributed by atoms with Crippen LogP contribution in [0.25, 0.3) is 11.5 Å². The molecule has 2 aromatic rings. The van der Waals surface area contributed by atoms with Crippen LogP contribution in [0.4, 0.5) is 0 Å². The molecule has 0 unspecified atom stereocenters. The van der Waals surface area contributed by atoms with Crippen LogP contribution in [0.5, 0.6) is 0 Å². The summed E-state index contributed by atoms with van der Waals surface area (Å²) in [6.07, 6.45) is 2.06. The summed E-state index contributed by atoms with van der Waals surface area (Å²) in [6.45, 7) is 3.98. The SMILES string of the molecule is CCCS(=O)(=O)NCc1coc(-c2ccc(C)cc2)n1. The molecular weight excluding hydrogens is 276 g/mol. The Bertz CT molecular complexity index is 660. The molecule has 0 aliphatic rings. The quantitative estimate of drug-likeness (QED) is 0.888. The fraction of sp³-hybridized carbons (Fsp3) is 0.357. The van der Waals surface area contributed by atoms with Gasteiger partial charge in [0.1, 0.15) is 6.26 Å². The number of rotatable bonds is 6. The highest BCUT2D eigenvalue weighted by Gasteiger charge is 2.11. The van der Waals surface area contributed by atoms with Crippen molar-refractivity contribution in [3.63, 3.8) is 0 Å². The first-order valence-corrected chi connectivity index (χ1v) is 8.14. The van der Waals surface area contributed by atoms with Crippen LogP contribution in [0.3, 0.4) is 0 Å². The van der Waals surface area contributed by atoms with E-state index in [0.29, 0.717) is 18.0 Å². The Morgan fingerprint density at radius 3 is 2.60 bits per heavy atom. The van der Waals surface area contributed by atoms with Crippen molar-refractivity contribution in [3.05, 3.63) is 41.8 Å². The van der Waals surface area contributed by atoms with E-state index in [2.05, 4.69) is 9.71 Å². The molecule has 5 nitrogen and oxygen atoms in total. The van der Waals surface area contributed by atoms with Crippen LogP contribution in [0, 0.1) is 6.92 Å². The Balaban J connectivity index is 2.04. The van der Waals surface area contributed by atoms with E-state index < -0.39 is 10.0 Å². The molecule has 0 saturated carbocycles. The van der Waals surface area contributed by atoms with Gasteiger partial charge in [-0.25, -0.2) is 18.1 Å². The van der Waals surface area contributed by atoms with Crippen LogP contribution in [0.1, 0.15) is 24.6 Å². The zero-order valence-electron chi connectivity index (χ0n) is 11.6. The molecule has 0 saturated heterocycles. The second-order valence-corrected chi connectivity index (χ2v) is 6.58. The molecule has 2 rings (SSSR count). The van der Waals surface area contributed by atoms with Crippen LogP contribution in [-0.2, 0) is 16.6 Å². The van der Waals surface area contributed by atoms with E-state index in [-0.39, 0.29) is 12.3 Å². The summed E-state index contributed by atoms with van der Waals surface area (Å²) in [7, 11) is -3.22. The number of sulfonamides is 1. The summed E-state index contributed by atoms with van der Waals surface area (Å²) >= 11 is 0. The number of hydrogen-bond donors (Lipinski definition) is 1. The fourth-order valence-corrected chi connectivity index (χ4v) is 2.79. The molecule has 1 aromatic carbocycles. The third-order valence-corrected chi connectivity index (χ3v) is 4.33. The highest BCUT2D eigenvalue weighted by Crippen LogP contribution is 2.19. The fourth-order valence-electron chi connectivity index (χ4n) is 1.74. The minimum Gasteiger partial charge on any atom is -0.444 e. The summed E-state index contributed by atoms with van der Waals surface area (Å²) in [6, 6.07) is 7.80. The predicted octanol–water partition coefficient (Wildman–Crippen LogP) is 2.48. The van der Waals surface area contributed by atoms with Crippen molar-refractivity contribution in [2.75, 3.05) is 5.75 Å². The highest BCUT2D eigenvalue weighted by molar-refractivity contribution is 7.89. The lowest BCUT2D eigenvalue weighted by Crippen LogP contribution is -2.25. The Morgan fingerprint density at radius 2 is 1.95 bits per heavy atom. The summed E-state index contributed by atoms with van der Waals surface area (Å²) in [5.74, 6) is 0.616. The normalized spacial score (nSPS) is 11.7. The third-order valence-electron chi connectivity index (χ3n) is 2.80. The number of nitrogens with one attached hydrogen (secondary N) is 1. The van der Waals surface area contributed by atoms with Crippen LogP contribution < -0.4 is 4.72 Å². The first kappa shape index (κ1) is 14.7. The van der Waals surface area contributed by atoms with E-state index in [4.69, 9.17) is 4.42 Å². The second-order valence-electron chi connectivity index (χ2n) is 4.65. The molecule has 0 aliphatic carbocycles. The monoisotopic (exact) mass is 294 g/mol. The van der Waals surface area contributed by atoms with Crippen molar-refractivity contribution in [1.82, 2.24) is 9.71 Å². The highest BCUT2D eigenvalue weighted by atomic mass is 32.2. The first-order chi connectivity index (χ1) is 9.50. The summed E-state index contributed by atoms with van der Waals surface area (Å²) in [5.41, 5.74) is 2.60. The zero-order valence-corrected chi connectivity index (χ0v) is 12.4. The number of nitrogens with zero attached hydrogens (tertiary/aromatic N) is 1. The van der Waals surface area contributed by atoms with Crippen molar-refractivity contribution in [2.24, 2.45) is 0 Å². The number of aromatic nitrogens is 1.